The van der Waals surface area contributed by atoms with Gasteiger partial charge in [-0.2, -0.15) is 0 Å². The maximum absolute atomic E-state index is 13.2. The normalized spacial score (nSPS) is 11.5. The molecule has 0 unspecified atom stereocenters. The molecule has 3 aromatic rings. The number of carbonyl (C=O) groups excluding carboxylic acids is 1. The second kappa shape index (κ2) is 11.5. The van der Waals surface area contributed by atoms with Gasteiger partial charge in [-0.1, -0.05) is 36.5 Å². The summed E-state index contributed by atoms with van der Waals surface area (Å²) in [7, 11) is 0.488. The Bertz CT molecular complexity index is 1160. The number of nitrogens with zero attached hydrogens (tertiary/aromatic N) is 3. The van der Waals surface area contributed by atoms with Crippen molar-refractivity contribution in [1.82, 2.24) is 9.88 Å². The summed E-state index contributed by atoms with van der Waals surface area (Å²) in [4.78, 5) is 22.9. The summed E-state index contributed by atoms with van der Waals surface area (Å²) >= 11 is 3.11. The van der Waals surface area contributed by atoms with Crippen molar-refractivity contribution in [3.8, 4) is 0 Å². The molecule has 0 aliphatic rings. The Labute approximate surface area is 204 Å². The number of rotatable bonds is 9. The molecule has 2 aromatic carbocycles. The van der Waals surface area contributed by atoms with Gasteiger partial charge in [0, 0.05) is 24.2 Å². The number of amides is 1. The number of thioether (sulfide) groups is 1. The van der Waals surface area contributed by atoms with E-state index in [0.29, 0.717) is 23.7 Å². The predicted octanol–water partition coefficient (Wildman–Crippen LogP) is 4.37. The summed E-state index contributed by atoms with van der Waals surface area (Å²) in [6.07, 6.45) is 1.44. The fourth-order valence-corrected chi connectivity index (χ4v) is 5.69. The number of anilines is 1. The van der Waals surface area contributed by atoms with Crippen LogP contribution in [0, 0.1) is 0 Å². The van der Waals surface area contributed by atoms with Crippen molar-refractivity contribution in [2.24, 2.45) is 0 Å². The number of fused-ring (bicyclic) bond motifs is 1. The van der Waals surface area contributed by atoms with Crippen LogP contribution >= 0.6 is 35.5 Å². The lowest BCUT2D eigenvalue weighted by molar-refractivity contribution is -0.118. The zero-order chi connectivity index (χ0) is 22.6. The number of halogens is 1. The molecule has 0 radical (unpaired) electrons. The molecule has 1 aromatic heterocycles. The highest BCUT2D eigenvalue weighted by Gasteiger charge is 2.22. The molecule has 0 saturated heterocycles. The van der Waals surface area contributed by atoms with Gasteiger partial charge in [0.2, 0.25) is 5.91 Å². The molecule has 0 aliphatic carbocycles. The third-order valence-corrected chi connectivity index (χ3v) is 7.73. The summed E-state index contributed by atoms with van der Waals surface area (Å²) in [5.74, 6) is 0.946. The number of hydrogen-bond acceptors (Lipinski definition) is 7. The zero-order valence-corrected chi connectivity index (χ0v) is 21.8. The zero-order valence-electron chi connectivity index (χ0n) is 18.6. The largest absolute Gasteiger partial charge is 0.308 e. The highest BCUT2D eigenvalue weighted by molar-refractivity contribution is 7.99. The number of aromatic nitrogens is 1. The number of carbonyl (C=O) groups is 1. The van der Waals surface area contributed by atoms with Gasteiger partial charge < -0.3 is 4.90 Å². The van der Waals surface area contributed by atoms with E-state index in [-0.39, 0.29) is 29.6 Å². The first-order chi connectivity index (χ1) is 14.7. The third-order valence-electron chi connectivity index (χ3n) is 4.66. The predicted molar refractivity (Wildman–Crippen MR) is 137 cm³/mol. The number of hydrogen-bond donors (Lipinski definition) is 0. The van der Waals surface area contributed by atoms with Gasteiger partial charge in [0.15, 0.2) is 15.0 Å². The maximum atomic E-state index is 13.2. The van der Waals surface area contributed by atoms with E-state index in [4.69, 9.17) is 0 Å². The van der Waals surface area contributed by atoms with Gasteiger partial charge in [-0.05, 0) is 49.7 Å². The van der Waals surface area contributed by atoms with Crippen LogP contribution in [0.5, 0.6) is 0 Å². The van der Waals surface area contributed by atoms with Crippen LogP contribution in [0.15, 0.2) is 52.3 Å². The first kappa shape index (κ1) is 26.6. The molecule has 1 amide bonds. The van der Waals surface area contributed by atoms with E-state index in [9.17, 15) is 13.2 Å². The highest BCUT2D eigenvalue weighted by atomic mass is 35.5. The Morgan fingerprint density at radius 3 is 2.38 bits per heavy atom. The van der Waals surface area contributed by atoms with E-state index in [1.54, 1.807) is 28.8 Å². The fraction of sp³-hybridized carbons (Fsp3) is 0.364. The molecule has 0 N–H and O–H groups in total. The van der Waals surface area contributed by atoms with Crippen LogP contribution in [0.4, 0.5) is 5.13 Å². The van der Waals surface area contributed by atoms with Gasteiger partial charge in [-0.3, -0.25) is 9.69 Å². The molecule has 3 rings (SSSR count). The smallest absolute Gasteiger partial charge is 0.233 e. The molecule has 32 heavy (non-hydrogen) atoms. The Balaban J connectivity index is 0.00000363. The van der Waals surface area contributed by atoms with E-state index in [2.05, 4.69) is 11.9 Å². The van der Waals surface area contributed by atoms with Crippen LogP contribution < -0.4 is 4.90 Å². The van der Waals surface area contributed by atoms with E-state index in [1.807, 2.05) is 49.3 Å². The standard InChI is InChI=1S/C22H27N3O3S3.ClH/c1-5-29-17-11-9-16(10-12-17)15-20(26)25(14-13-24(2)3)22-23-21-18(30-22)7-6-8-19(21)31(4,27)28;/h6-12H,5,13-15H2,1-4H3;1H. The van der Waals surface area contributed by atoms with Gasteiger partial charge in [0.1, 0.15) is 5.52 Å². The van der Waals surface area contributed by atoms with Crippen molar-refractivity contribution in [2.45, 2.75) is 23.1 Å². The molecular weight excluding hydrogens is 486 g/mol. The second-order valence-corrected chi connectivity index (χ2v) is 11.8. The second-order valence-electron chi connectivity index (χ2n) is 7.47. The van der Waals surface area contributed by atoms with Crippen molar-refractivity contribution in [3.63, 3.8) is 0 Å². The first-order valence-corrected chi connectivity index (χ1v) is 13.6. The van der Waals surface area contributed by atoms with Gasteiger partial charge in [0.05, 0.1) is 16.0 Å². The minimum Gasteiger partial charge on any atom is -0.308 e. The minimum absolute atomic E-state index is 0. The number of benzene rings is 2. The van der Waals surface area contributed by atoms with Gasteiger partial charge in [0.25, 0.3) is 0 Å². The maximum Gasteiger partial charge on any atom is 0.233 e. The van der Waals surface area contributed by atoms with Crippen LogP contribution in [0.3, 0.4) is 0 Å². The van der Waals surface area contributed by atoms with Crippen LogP contribution in [0.25, 0.3) is 10.2 Å². The van der Waals surface area contributed by atoms with Gasteiger partial charge in [-0.25, -0.2) is 13.4 Å². The number of likely N-dealkylation sites (N-methyl/N-ethyl adjacent to an activating group) is 1. The molecule has 10 heteroatoms. The Kier molecular flexibility index (Phi) is 9.53. The summed E-state index contributed by atoms with van der Waals surface area (Å²) in [5.41, 5.74) is 1.37. The van der Waals surface area contributed by atoms with Crippen molar-refractivity contribution in [2.75, 3.05) is 44.1 Å². The lowest BCUT2D eigenvalue weighted by atomic mass is 10.1. The van der Waals surface area contributed by atoms with Crippen molar-refractivity contribution < 1.29 is 13.2 Å². The minimum atomic E-state index is -3.41. The van der Waals surface area contributed by atoms with Crippen molar-refractivity contribution >= 4 is 66.6 Å². The van der Waals surface area contributed by atoms with E-state index in [1.165, 1.54) is 22.5 Å². The topological polar surface area (TPSA) is 70.6 Å². The first-order valence-electron chi connectivity index (χ1n) is 9.95. The summed E-state index contributed by atoms with van der Waals surface area (Å²) in [6, 6.07) is 13.2. The average Bonchev–Trinajstić information content (AvgIpc) is 3.12. The lowest BCUT2D eigenvalue weighted by Crippen LogP contribution is -2.37. The SMILES string of the molecule is CCSc1ccc(CC(=O)N(CCN(C)C)c2nc3c(S(C)(=O)=O)cccc3s2)cc1.Cl. The fourth-order valence-electron chi connectivity index (χ4n) is 3.09. The van der Waals surface area contributed by atoms with E-state index >= 15 is 0 Å². The van der Waals surface area contributed by atoms with Crippen LogP contribution in [-0.2, 0) is 21.1 Å². The van der Waals surface area contributed by atoms with Crippen LogP contribution in [-0.4, -0.2) is 63.4 Å². The van der Waals surface area contributed by atoms with Crippen molar-refractivity contribution in [1.29, 1.82) is 0 Å². The quantitative estimate of drug-likeness (QED) is 0.396. The molecule has 0 aliphatic heterocycles. The van der Waals surface area contributed by atoms with Gasteiger partial charge in [-0.15, -0.1) is 24.2 Å². The third kappa shape index (κ3) is 6.68. The molecular formula is C22H28ClN3O3S3. The average molecular weight is 514 g/mol. The molecule has 0 atom stereocenters. The summed E-state index contributed by atoms with van der Waals surface area (Å²) in [5, 5.41) is 0.524. The van der Waals surface area contributed by atoms with Crippen molar-refractivity contribution in [3.05, 3.63) is 48.0 Å². The molecule has 6 nitrogen and oxygen atoms in total. The molecule has 0 spiro atoms. The molecule has 0 saturated carbocycles. The van der Waals surface area contributed by atoms with Crippen LogP contribution in [0.1, 0.15) is 12.5 Å². The lowest BCUT2D eigenvalue weighted by Gasteiger charge is -2.22. The molecule has 174 valence electrons. The van der Waals surface area contributed by atoms with E-state index in [0.717, 1.165) is 16.0 Å². The number of thiazole rings is 1. The van der Waals surface area contributed by atoms with Crippen LogP contribution in [0.2, 0.25) is 0 Å². The molecule has 0 fully saturated rings. The number of para-hydroxylation sites is 1. The summed E-state index contributed by atoms with van der Waals surface area (Å²) in [6.45, 7) is 3.26. The van der Waals surface area contributed by atoms with E-state index < -0.39 is 9.84 Å². The molecule has 0 bridgehead atoms. The number of sulfone groups is 1. The Morgan fingerprint density at radius 1 is 1.09 bits per heavy atom. The molecule has 1 heterocycles. The highest BCUT2D eigenvalue weighted by Crippen LogP contribution is 2.33. The monoisotopic (exact) mass is 513 g/mol. The summed E-state index contributed by atoms with van der Waals surface area (Å²) < 4.78 is 25.1. The Hall–Kier alpha value is -1.65. The van der Waals surface area contributed by atoms with Gasteiger partial charge >= 0.3 is 0 Å². The Morgan fingerprint density at radius 2 is 1.78 bits per heavy atom.